The maximum Gasteiger partial charge on any atom is 0.319 e. The molecule has 0 fully saturated rings. The Morgan fingerprint density at radius 1 is 1.40 bits per heavy atom. The molecule has 1 aromatic rings. The van der Waals surface area contributed by atoms with Gasteiger partial charge in [-0.15, -0.1) is 0 Å². The standard InChI is InChI=1S/C11H17N3O/c1-8-3-4-9(2)10(7-8)14(6-5-12)11(13)15/h3-4,7H,5-6,12H2,1-2H3,(H2,13,15). The molecule has 0 aliphatic heterocycles. The monoisotopic (exact) mass is 207 g/mol. The van der Waals surface area contributed by atoms with Gasteiger partial charge in [-0.25, -0.2) is 4.79 Å². The zero-order chi connectivity index (χ0) is 11.4. The third kappa shape index (κ3) is 2.70. The Bertz CT molecular complexity index is 363. The molecule has 4 N–H and O–H groups in total. The zero-order valence-electron chi connectivity index (χ0n) is 9.16. The zero-order valence-corrected chi connectivity index (χ0v) is 9.16. The maximum atomic E-state index is 11.2. The molecule has 2 amide bonds. The number of urea groups is 1. The second kappa shape index (κ2) is 4.79. The van der Waals surface area contributed by atoms with Crippen molar-refractivity contribution in [3.63, 3.8) is 0 Å². The summed E-state index contributed by atoms with van der Waals surface area (Å²) in [5.74, 6) is 0. The van der Waals surface area contributed by atoms with E-state index >= 15 is 0 Å². The Morgan fingerprint density at radius 3 is 2.60 bits per heavy atom. The van der Waals surface area contributed by atoms with Crippen LogP contribution in [0.15, 0.2) is 18.2 Å². The van der Waals surface area contributed by atoms with Crippen LogP contribution in [-0.4, -0.2) is 19.1 Å². The fourth-order valence-electron chi connectivity index (χ4n) is 1.49. The van der Waals surface area contributed by atoms with E-state index in [9.17, 15) is 4.79 Å². The van der Waals surface area contributed by atoms with Crippen LogP contribution in [0.25, 0.3) is 0 Å². The van der Waals surface area contributed by atoms with Gasteiger partial charge in [0.1, 0.15) is 0 Å². The van der Waals surface area contributed by atoms with Gasteiger partial charge in [-0.05, 0) is 31.0 Å². The lowest BCUT2D eigenvalue weighted by molar-refractivity contribution is 0.254. The summed E-state index contributed by atoms with van der Waals surface area (Å²) in [5, 5.41) is 0. The third-order valence-corrected chi connectivity index (χ3v) is 2.27. The third-order valence-electron chi connectivity index (χ3n) is 2.27. The van der Waals surface area contributed by atoms with E-state index in [2.05, 4.69) is 0 Å². The van der Waals surface area contributed by atoms with Crippen molar-refractivity contribution in [2.45, 2.75) is 13.8 Å². The Balaban J connectivity index is 3.09. The summed E-state index contributed by atoms with van der Waals surface area (Å²) in [6, 6.07) is 5.45. The van der Waals surface area contributed by atoms with Crippen LogP contribution in [0.1, 0.15) is 11.1 Å². The first-order valence-electron chi connectivity index (χ1n) is 4.90. The summed E-state index contributed by atoms with van der Waals surface area (Å²) in [5.41, 5.74) is 13.7. The highest BCUT2D eigenvalue weighted by molar-refractivity contribution is 5.91. The first-order valence-corrected chi connectivity index (χ1v) is 4.90. The van der Waals surface area contributed by atoms with Crippen molar-refractivity contribution in [1.29, 1.82) is 0 Å². The molecule has 0 spiro atoms. The van der Waals surface area contributed by atoms with Crippen molar-refractivity contribution in [3.8, 4) is 0 Å². The van der Waals surface area contributed by atoms with Crippen LogP contribution in [0.5, 0.6) is 0 Å². The maximum absolute atomic E-state index is 11.2. The summed E-state index contributed by atoms with van der Waals surface area (Å²) in [6.07, 6.45) is 0. The topological polar surface area (TPSA) is 72.3 Å². The van der Waals surface area contributed by atoms with Crippen LogP contribution < -0.4 is 16.4 Å². The van der Waals surface area contributed by atoms with E-state index in [4.69, 9.17) is 11.5 Å². The van der Waals surface area contributed by atoms with Crippen LogP contribution in [0.2, 0.25) is 0 Å². The average Bonchev–Trinajstić information content (AvgIpc) is 2.18. The minimum atomic E-state index is -0.464. The molecule has 4 nitrogen and oxygen atoms in total. The first kappa shape index (κ1) is 11.5. The molecule has 0 bridgehead atoms. The lowest BCUT2D eigenvalue weighted by Gasteiger charge is -2.22. The van der Waals surface area contributed by atoms with Gasteiger partial charge in [-0.3, -0.25) is 4.90 Å². The lowest BCUT2D eigenvalue weighted by Crippen LogP contribution is -2.39. The molecule has 82 valence electrons. The van der Waals surface area contributed by atoms with Gasteiger partial charge >= 0.3 is 6.03 Å². The van der Waals surface area contributed by atoms with E-state index in [-0.39, 0.29) is 0 Å². The van der Waals surface area contributed by atoms with Crippen LogP contribution >= 0.6 is 0 Å². The second-order valence-corrected chi connectivity index (χ2v) is 3.57. The average molecular weight is 207 g/mol. The molecule has 1 aromatic carbocycles. The first-order chi connectivity index (χ1) is 7.06. The minimum Gasteiger partial charge on any atom is -0.351 e. The van der Waals surface area contributed by atoms with Crippen LogP contribution in [0, 0.1) is 13.8 Å². The molecule has 0 aliphatic carbocycles. The molecule has 0 heterocycles. The number of hydrogen-bond acceptors (Lipinski definition) is 2. The normalized spacial score (nSPS) is 10.1. The van der Waals surface area contributed by atoms with Gasteiger partial charge in [0.2, 0.25) is 0 Å². The van der Waals surface area contributed by atoms with Gasteiger partial charge in [0, 0.05) is 18.8 Å². The van der Waals surface area contributed by atoms with Crippen molar-refractivity contribution in [2.75, 3.05) is 18.0 Å². The number of nitrogens with zero attached hydrogens (tertiary/aromatic N) is 1. The van der Waals surface area contributed by atoms with Gasteiger partial charge in [-0.2, -0.15) is 0 Å². The molecule has 15 heavy (non-hydrogen) atoms. The lowest BCUT2D eigenvalue weighted by atomic mass is 10.1. The van der Waals surface area contributed by atoms with Gasteiger partial charge in [0.15, 0.2) is 0 Å². The van der Waals surface area contributed by atoms with E-state index < -0.39 is 6.03 Å². The van der Waals surface area contributed by atoms with E-state index in [0.717, 1.165) is 16.8 Å². The molecule has 1 rings (SSSR count). The van der Waals surface area contributed by atoms with Crippen molar-refractivity contribution in [3.05, 3.63) is 29.3 Å². The van der Waals surface area contributed by atoms with Gasteiger partial charge in [-0.1, -0.05) is 12.1 Å². The van der Waals surface area contributed by atoms with Crippen molar-refractivity contribution in [2.24, 2.45) is 11.5 Å². The quantitative estimate of drug-likeness (QED) is 0.780. The molecule has 0 saturated heterocycles. The predicted octanol–water partition coefficient (Wildman–Crippen LogP) is 1.15. The molecule has 0 saturated carbocycles. The van der Waals surface area contributed by atoms with Gasteiger partial charge in [0.05, 0.1) is 0 Å². The highest BCUT2D eigenvalue weighted by atomic mass is 16.2. The van der Waals surface area contributed by atoms with Crippen molar-refractivity contribution < 1.29 is 4.79 Å². The fraction of sp³-hybridized carbons (Fsp3) is 0.364. The summed E-state index contributed by atoms with van der Waals surface area (Å²) in [6.45, 7) is 4.77. The van der Waals surface area contributed by atoms with Crippen molar-refractivity contribution in [1.82, 2.24) is 0 Å². The summed E-state index contributed by atoms with van der Waals surface area (Å²) >= 11 is 0. The molecule has 0 atom stereocenters. The Labute approximate surface area is 89.9 Å². The molecule has 0 aromatic heterocycles. The van der Waals surface area contributed by atoms with E-state index in [1.54, 1.807) is 0 Å². The van der Waals surface area contributed by atoms with Gasteiger partial charge in [0.25, 0.3) is 0 Å². The number of amides is 2. The number of anilines is 1. The summed E-state index contributed by atoms with van der Waals surface area (Å²) < 4.78 is 0. The molecular weight excluding hydrogens is 190 g/mol. The molecule has 0 radical (unpaired) electrons. The highest BCUT2D eigenvalue weighted by Crippen LogP contribution is 2.20. The Hall–Kier alpha value is -1.55. The number of carbonyl (C=O) groups is 1. The van der Waals surface area contributed by atoms with Crippen LogP contribution in [-0.2, 0) is 0 Å². The molecular formula is C11H17N3O. The highest BCUT2D eigenvalue weighted by Gasteiger charge is 2.13. The second-order valence-electron chi connectivity index (χ2n) is 3.57. The van der Waals surface area contributed by atoms with E-state index in [1.807, 2.05) is 32.0 Å². The fourth-order valence-corrected chi connectivity index (χ4v) is 1.49. The van der Waals surface area contributed by atoms with E-state index in [0.29, 0.717) is 13.1 Å². The number of primary amides is 1. The Morgan fingerprint density at radius 2 is 2.07 bits per heavy atom. The number of carbonyl (C=O) groups excluding carboxylic acids is 1. The minimum absolute atomic E-state index is 0.399. The van der Waals surface area contributed by atoms with E-state index in [1.165, 1.54) is 4.90 Å². The number of nitrogens with two attached hydrogens (primary N) is 2. The SMILES string of the molecule is Cc1ccc(C)c(N(CCN)C(N)=O)c1. The van der Waals surface area contributed by atoms with Crippen molar-refractivity contribution >= 4 is 11.7 Å². The number of rotatable bonds is 3. The number of aryl methyl sites for hydroxylation is 2. The smallest absolute Gasteiger partial charge is 0.319 e. The largest absolute Gasteiger partial charge is 0.351 e. The van der Waals surface area contributed by atoms with Crippen LogP contribution in [0.4, 0.5) is 10.5 Å². The molecule has 4 heteroatoms. The summed E-state index contributed by atoms with van der Waals surface area (Å²) in [4.78, 5) is 12.7. The van der Waals surface area contributed by atoms with Crippen LogP contribution in [0.3, 0.4) is 0 Å². The number of benzene rings is 1. The number of hydrogen-bond donors (Lipinski definition) is 2. The molecule has 0 unspecified atom stereocenters. The predicted molar refractivity (Wildman–Crippen MR) is 61.9 cm³/mol. The Kier molecular flexibility index (Phi) is 3.68. The molecule has 0 aliphatic rings. The van der Waals surface area contributed by atoms with Gasteiger partial charge < -0.3 is 11.5 Å². The summed E-state index contributed by atoms with van der Waals surface area (Å²) in [7, 11) is 0.